The molecule has 1 aliphatic rings. The van der Waals surface area contributed by atoms with Crippen molar-refractivity contribution in [1.29, 1.82) is 0 Å². The van der Waals surface area contributed by atoms with Crippen molar-refractivity contribution in [3.05, 3.63) is 29.8 Å². The highest BCUT2D eigenvalue weighted by Crippen LogP contribution is 2.32. The fourth-order valence-electron chi connectivity index (χ4n) is 3.01. The zero-order chi connectivity index (χ0) is 23.9. The van der Waals surface area contributed by atoms with Gasteiger partial charge >= 0.3 is 18.2 Å². The van der Waals surface area contributed by atoms with E-state index in [0.717, 1.165) is 22.5 Å². The Hall–Kier alpha value is -2.67. The zero-order valence-electron chi connectivity index (χ0n) is 17.3. The first-order valence-corrected chi connectivity index (χ1v) is 11.3. The third-order valence-corrected chi connectivity index (χ3v) is 6.62. The number of nitrogens with zero attached hydrogens (tertiary/aromatic N) is 1. The fourth-order valence-corrected chi connectivity index (χ4v) is 4.53. The summed E-state index contributed by atoms with van der Waals surface area (Å²) in [5.41, 5.74) is -1.07. The molecule has 1 aromatic carbocycles. The van der Waals surface area contributed by atoms with Crippen LogP contribution in [0.1, 0.15) is 31.7 Å². The van der Waals surface area contributed by atoms with Crippen molar-refractivity contribution in [3.8, 4) is 0 Å². The van der Waals surface area contributed by atoms with E-state index in [9.17, 15) is 36.0 Å². The number of imide groups is 1. The first kappa shape index (κ1) is 25.6. The highest BCUT2D eigenvalue weighted by Gasteiger charge is 2.35. The molecular weight excluding hydrogens is 455 g/mol. The highest BCUT2D eigenvalue weighted by atomic mass is 32.2. The molecule has 0 aromatic heterocycles. The molecule has 1 aliphatic heterocycles. The Morgan fingerprint density at radius 3 is 2.44 bits per heavy atom. The van der Waals surface area contributed by atoms with E-state index in [0.29, 0.717) is 19.0 Å². The van der Waals surface area contributed by atoms with Crippen molar-refractivity contribution in [1.82, 2.24) is 14.9 Å². The lowest BCUT2D eigenvalue weighted by atomic mass is 9.98. The number of carbonyl (C=O) groups excluding carboxylic acids is 3. The van der Waals surface area contributed by atoms with Crippen molar-refractivity contribution in [3.63, 3.8) is 0 Å². The number of esters is 1. The molecule has 0 unspecified atom stereocenters. The summed E-state index contributed by atoms with van der Waals surface area (Å²) in [6, 6.07) is 2.75. The topological polar surface area (TPSA) is 122 Å². The van der Waals surface area contributed by atoms with Crippen LogP contribution in [0.3, 0.4) is 0 Å². The molecule has 0 atom stereocenters. The number of alkyl halides is 3. The molecule has 0 bridgehead atoms. The Balaban J connectivity index is 1.88. The van der Waals surface area contributed by atoms with Crippen LogP contribution in [0.15, 0.2) is 29.2 Å². The van der Waals surface area contributed by atoms with Crippen molar-refractivity contribution >= 4 is 27.9 Å². The van der Waals surface area contributed by atoms with Crippen LogP contribution in [-0.2, 0) is 30.5 Å². The molecule has 9 nitrogen and oxygen atoms in total. The van der Waals surface area contributed by atoms with Gasteiger partial charge in [-0.05, 0) is 37.5 Å². The van der Waals surface area contributed by atoms with E-state index in [4.69, 9.17) is 4.74 Å². The smallest absolute Gasteiger partial charge is 0.416 e. The third-order valence-electron chi connectivity index (χ3n) is 4.72. The van der Waals surface area contributed by atoms with Gasteiger partial charge in [0.15, 0.2) is 6.61 Å². The molecule has 2 N–H and O–H groups in total. The zero-order valence-corrected chi connectivity index (χ0v) is 18.1. The number of rotatable bonds is 7. The number of sulfonamides is 1. The highest BCUT2D eigenvalue weighted by molar-refractivity contribution is 7.89. The molecule has 32 heavy (non-hydrogen) atoms. The van der Waals surface area contributed by atoms with E-state index in [1.165, 1.54) is 0 Å². The number of hydrogen-bond acceptors (Lipinski definition) is 6. The molecule has 1 saturated heterocycles. The van der Waals surface area contributed by atoms with Gasteiger partial charge in [0.25, 0.3) is 5.91 Å². The van der Waals surface area contributed by atoms with E-state index in [-0.39, 0.29) is 25.9 Å². The molecule has 1 fully saturated rings. The minimum atomic E-state index is -4.68. The molecule has 0 saturated carbocycles. The van der Waals surface area contributed by atoms with E-state index < -0.39 is 57.1 Å². The molecule has 3 amide bonds. The molecule has 0 radical (unpaired) electrons. The molecular formula is C19H24F3N3O6S. The predicted molar refractivity (Wildman–Crippen MR) is 106 cm³/mol. The van der Waals surface area contributed by atoms with E-state index in [1.807, 2.05) is 12.2 Å². The van der Waals surface area contributed by atoms with Crippen LogP contribution < -0.4 is 10.6 Å². The second kappa shape index (κ2) is 10.8. The van der Waals surface area contributed by atoms with Gasteiger partial charge in [0.05, 0.1) is 16.4 Å². The third kappa shape index (κ3) is 6.92. The molecule has 0 aliphatic carbocycles. The van der Waals surface area contributed by atoms with Gasteiger partial charge in [0.2, 0.25) is 10.0 Å². The maximum atomic E-state index is 12.9. The maximum Gasteiger partial charge on any atom is 0.416 e. The van der Waals surface area contributed by atoms with Crippen molar-refractivity contribution in [2.75, 3.05) is 26.2 Å². The Kier molecular flexibility index (Phi) is 8.61. The van der Waals surface area contributed by atoms with Gasteiger partial charge in [-0.2, -0.15) is 17.5 Å². The summed E-state index contributed by atoms with van der Waals surface area (Å²) in [4.78, 5) is 34.7. The van der Waals surface area contributed by atoms with Crippen molar-refractivity contribution in [2.45, 2.75) is 37.3 Å². The second-order valence-electron chi connectivity index (χ2n) is 7.12. The Bertz CT molecular complexity index is 944. The summed E-state index contributed by atoms with van der Waals surface area (Å²) < 4.78 is 69.9. The van der Waals surface area contributed by atoms with Gasteiger partial charge in [0, 0.05) is 19.6 Å². The quantitative estimate of drug-likeness (QED) is 0.576. The van der Waals surface area contributed by atoms with Gasteiger partial charge in [-0.1, -0.05) is 13.0 Å². The lowest BCUT2D eigenvalue weighted by Crippen LogP contribution is -2.43. The summed E-state index contributed by atoms with van der Waals surface area (Å²) >= 11 is 0. The summed E-state index contributed by atoms with van der Waals surface area (Å²) in [7, 11) is -4.17. The van der Waals surface area contributed by atoms with Crippen LogP contribution in [0.5, 0.6) is 0 Å². The average Bonchev–Trinajstić information content (AvgIpc) is 2.75. The van der Waals surface area contributed by atoms with Gasteiger partial charge < -0.3 is 10.1 Å². The number of ether oxygens (including phenoxy) is 1. The average molecular weight is 479 g/mol. The SMILES string of the molecule is CCCNC(=O)NC(=O)COC(=O)C1CCN(S(=O)(=O)c2cccc(C(F)(F)F)c2)CC1. The van der Waals surface area contributed by atoms with Gasteiger partial charge in [0.1, 0.15) is 0 Å². The first-order chi connectivity index (χ1) is 14.9. The number of benzene rings is 1. The van der Waals surface area contributed by atoms with Crippen LogP contribution in [0.4, 0.5) is 18.0 Å². The number of amides is 3. The minimum Gasteiger partial charge on any atom is -0.455 e. The molecule has 13 heteroatoms. The standard InChI is InChI=1S/C19H24F3N3O6S/c1-2-8-23-18(28)24-16(26)12-31-17(27)13-6-9-25(10-7-13)32(29,30)15-5-3-4-14(11-15)19(20,21)22/h3-5,11,13H,2,6-10,12H2,1H3,(H2,23,24,26,28). The summed E-state index contributed by atoms with van der Waals surface area (Å²) in [5.74, 6) is -2.20. The number of piperidine rings is 1. The second-order valence-corrected chi connectivity index (χ2v) is 9.05. The van der Waals surface area contributed by atoms with Crippen molar-refractivity contribution < 1.29 is 40.7 Å². The number of nitrogens with one attached hydrogen (secondary N) is 2. The number of urea groups is 1. The van der Waals surface area contributed by atoms with Crippen molar-refractivity contribution in [2.24, 2.45) is 5.92 Å². The lowest BCUT2D eigenvalue weighted by molar-refractivity contribution is -0.153. The Labute approximate surface area is 183 Å². The van der Waals surface area contributed by atoms with E-state index >= 15 is 0 Å². The lowest BCUT2D eigenvalue weighted by Gasteiger charge is -2.30. The van der Waals surface area contributed by atoms with E-state index in [2.05, 4.69) is 5.32 Å². The van der Waals surface area contributed by atoms with Crippen LogP contribution in [-0.4, -0.2) is 56.9 Å². The number of hydrogen-bond donors (Lipinski definition) is 2. The summed E-state index contributed by atoms with van der Waals surface area (Å²) in [6.07, 6.45) is -3.84. The predicted octanol–water partition coefficient (Wildman–Crippen LogP) is 1.89. The Morgan fingerprint density at radius 2 is 1.84 bits per heavy atom. The van der Waals surface area contributed by atoms with Crippen LogP contribution >= 0.6 is 0 Å². The summed E-state index contributed by atoms with van der Waals surface area (Å²) in [5, 5.41) is 4.42. The normalized spacial score (nSPS) is 15.8. The molecule has 178 valence electrons. The molecule has 0 spiro atoms. The molecule has 2 rings (SSSR count). The van der Waals surface area contributed by atoms with Crippen LogP contribution in [0, 0.1) is 5.92 Å². The van der Waals surface area contributed by atoms with Gasteiger partial charge in [-0.15, -0.1) is 0 Å². The molecule has 1 aromatic rings. The fraction of sp³-hybridized carbons (Fsp3) is 0.526. The maximum absolute atomic E-state index is 12.9. The first-order valence-electron chi connectivity index (χ1n) is 9.87. The van der Waals surface area contributed by atoms with Crippen LogP contribution in [0.2, 0.25) is 0 Å². The number of carbonyl (C=O) groups is 3. The largest absolute Gasteiger partial charge is 0.455 e. The van der Waals surface area contributed by atoms with Crippen LogP contribution in [0.25, 0.3) is 0 Å². The van der Waals surface area contributed by atoms with E-state index in [1.54, 1.807) is 0 Å². The Morgan fingerprint density at radius 1 is 1.19 bits per heavy atom. The van der Waals surface area contributed by atoms with Gasteiger partial charge in [-0.25, -0.2) is 13.2 Å². The number of halogens is 3. The molecule has 1 heterocycles. The minimum absolute atomic E-state index is 0.0790. The van der Waals surface area contributed by atoms with Gasteiger partial charge in [-0.3, -0.25) is 14.9 Å². The summed E-state index contributed by atoms with van der Waals surface area (Å²) in [6.45, 7) is 1.36. The monoisotopic (exact) mass is 479 g/mol.